The number of aryl methyl sites for hydroxylation is 2. The van der Waals surface area contributed by atoms with Gasteiger partial charge in [0.15, 0.2) is 0 Å². The SMILES string of the molecule is Cc1c(-c2cc(N3C(=O)C4CC5C(=CCC6C(=O)N(CCCCCC(=O)O)C(=O)C65)C(c5cccc(O)c5)C4(C)C3=O)n(C)n2)sc2ccc(Cl)cc12. The summed E-state index contributed by atoms with van der Waals surface area (Å²) < 4.78 is 2.60. The third-order valence-electron chi connectivity index (χ3n) is 12.1. The lowest BCUT2D eigenvalue weighted by atomic mass is 9.51. The van der Waals surface area contributed by atoms with Gasteiger partial charge in [-0.25, -0.2) is 4.90 Å². The largest absolute Gasteiger partial charge is 0.508 e. The number of unbranched alkanes of at least 4 members (excludes halogenated alkanes) is 2. The Morgan fingerprint density at radius 3 is 2.57 bits per heavy atom. The van der Waals surface area contributed by atoms with E-state index in [-0.39, 0.29) is 48.8 Å². The number of anilines is 1. The molecule has 1 saturated carbocycles. The van der Waals surface area contributed by atoms with Gasteiger partial charge in [0.05, 0.1) is 28.0 Å². The molecule has 4 aliphatic rings. The number of hydrogen-bond acceptors (Lipinski definition) is 8. The van der Waals surface area contributed by atoms with Crippen molar-refractivity contribution in [2.75, 3.05) is 11.4 Å². The van der Waals surface area contributed by atoms with E-state index in [1.54, 1.807) is 47.3 Å². The van der Waals surface area contributed by atoms with Crippen molar-refractivity contribution < 1.29 is 34.2 Å². The number of carbonyl (C=O) groups is 5. The van der Waals surface area contributed by atoms with Crippen LogP contribution < -0.4 is 4.90 Å². The Balaban J connectivity index is 1.16. The van der Waals surface area contributed by atoms with Gasteiger partial charge >= 0.3 is 5.97 Å². The number of nitrogens with zero attached hydrogens (tertiary/aromatic N) is 4. The van der Waals surface area contributed by atoms with Crippen molar-refractivity contribution in [3.05, 3.63) is 76.3 Å². The molecule has 11 nitrogen and oxygen atoms in total. The highest BCUT2D eigenvalue weighted by molar-refractivity contribution is 7.22. The first-order chi connectivity index (χ1) is 25.3. The molecule has 2 aliphatic heterocycles. The first kappa shape index (κ1) is 35.2. The highest BCUT2D eigenvalue weighted by Gasteiger charge is 2.68. The van der Waals surface area contributed by atoms with E-state index >= 15 is 0 Å². The molecule has 0 radical (unpaired) electrons. The number of benzene rings is 2. The fraction of sp³-hybridized carbons (Fsp3) is 0.400. The van der Waals surface area contributed by atoms with E-state index in [0.29, 0.717) is 47.8 Å². The summed E-state index contributed by atoms with van der Waals surface area (Å²) in [5.41, 5.74) is 1.86. The van der Waals surface area contributed by atoms with E-state index < -0.39 is 41.0 Å². The third kappa shape index (κ3) is 5.43. The van der Waals surface area contributed by atoms with E-state index in [1.807, 2.05) is 44.2 Å². The number of rotatable bonds is 9. The molecular formula is C40H39ClN4O7S. The molecule has 4 heterocycles. The molecule has 274 valence electrons. The van der Waals surface area contributed by atoms with E-state index in [1.165, 1.54) is 9.80 Å². The highest BCUT2D eigenvalue weighted by Crippen LogP contribution is 2.63. The maximum atomic E-state index is 15.0. The molecule has 6 unspecified atom stereocenters. The molecule has 0 bridgehead atoms. The zero-order valence-corrected chi connectivity index (χ0v) is 31.1. The van der Waals surface area contributed by atoms with Crippen LogP contribution in [-0.2, 0) is 31.0 Å². The van der Waals surface area contributed by atoms with Gasteiger partial charge in [-0.05, 0) is 92.3 Å². The van der Waals surface area contributed by atoms with Crippen LogP contribution in [0.2, 0.25) is 5.02 Å². The number of halogens is 1. The smallest absolute Gasteiger partial charge is 0.303 e. The minimum absolute atomic E-state index is 0.0187. The van der Waals surface area contributed by atoms with Gasteiger partial charge in [-0.2, -0.15) is 5.10 Å². The Bertz CT molecular complexity index is 2280. The summed E-state index contributed by atoms with van der Waals surface area (Å²) in [6.45, 7) is 4.03. The number of likely N-dealkylation sites (tertiary alicyclic amines) is 1. The minimum atomic E-state index is -1.26. The second kappa shape index (κ2) is 12.9. The number of amides is 4. The zero-order valence-electron chi connectivity index (χ0n) is 29.5. The zero-order chi connectivity index (χ0) is 37.5. The number of phenols is 1. The van der Waals surface area contributed by atoms with Crippen molar-refractivity contribution in [3.8, 4) is 16.3 Å². The normalized spacial score (nSPS) is 26.6. The minimum Gasteiger partial charge on any atom is -0.508 e. The standard InChI is InChI=1S/C40H39ClN4O7S/c1-20-26-17-22(41)11-14-30(26)53-35(20)29-19-31(43(3)42-29)45-37(50)28-18-27-24(34(40(28,2)39(45)52)21-8-7-9-23(46)16-21)12-13-25-33(27)38(51)44(36(25)49)15-6-4-5-10-32(47)48/h7-9,11-12,14,16-17,19,25,27-28,33-34,46H,4-6,10,13,15,18H2,1-3H3,(H,47,48). The molecule has 13 heteroatoms. The Labute approximate surface area is 314 Å². The average Bonchev–Trinajstić information content (AvgIpc) is 3.78. The molecule has 0 spiro atoms. The Morgan fingerprint density at radius 2 is 1.81 bits per heavy atom. The van der Waals surface area contributed by atoms with Gasteiger partial charge < -0.3 is 10.2 Å². The number of aliphatic carboxylic acids is 1. The van der Waals surface area contributed by atoms with Crippen molar-refractivity contribution in [1.29, 1.82) is 0 Å². The Kier molecular flexibility index (Phi) is 8.61. The van der Waals surface area contributed by atoms with Crippen molar-refractivity contribution in [1.82, 2.24) is 14.7 Å². The van der Waals surface area contributed by atoms with Gasteiger partial charge in [0.25, 0.3) is 0 Å². The number of thiophene rings is 1. The molecule has 2 aromatic heterocycles. The number of carboxylic acids is 1. The molecule has 8 rings (SSSR count). The number of hydrogen-bond donors (Lipinski definition) is 2. The fourth-order valence-electron chi connectivity index (χ4n) is 9.54. The number of allylic oxidation sites excluding steroid dienone is 2. The number of phenolic OH excluding ortho intramolecular Hbond substituents is 1. The summed E-state index contributed by atoms with van der Waals surface area (Å²) in [7, 11) is 1.71. The van der Waals surface area contributed by atoms with Gasteiger partial charge in [-0.3, -0.25) is 33.6 Å². The van der Waals surface area contributed by atoms with Crippen LogP contribution >= 0.6 is 22.9 Å². The number of aromatic nitrogens is 2. The summed E-state index contributed by atoms with van der Waals surface area (Å²) >= 11 is 7.86. The fourth-order valence-corrected chi connectivity index (χ4v) is 10.9. The van der Waals surface area contributed by atoms with Gasteiger partial charge in [0, 0.05) is 41.7 Å². The lowest BCUT2D eigenvalue weighted by Crippen LogP contribution is -2.48. The van der Waals surface area contributed by atoms with Gasteiger partial charge in [0.1, 0.15) is 17.3 Å². The highest BCUT2D eigenvalue weighted by atomic mass is 35.5. The number of fused-ring (bicyclic) bond motifs is 5. The van der Waals surface area contributed by atoms with E-state index in [2.05, 4.69) is 0 Å². The first-order valence-electron chi connectivity index (χ1n) is 18.0. The van der Waals surface area contributed by atoms with Gasteiger partial charge in [0.2, 0.25) is 23.6 Å². The molecule has 2 saturated heterocycles. The lowest BCUT2D eigenvalue weighted by molar-refractivity contribution is -0.141. The van der Waals surface area contributed by atoms with Gasteiger partial charge in [-0.1, -0.05) is 41.8 Å². The van der Waals surface area contributed by atoms with E-state index in [0.717, 1.165) is 26.1 Å². The first-order valence-corrected chi connectivity index (χ1v) is 19.2. The van der Waals surface area contributed by atoms with Crippen molar-refractivity contribution in [3.63, 3.8) is 0 Å². The maximum Gasteiger partial charge on any atom is 0.303 e. The second-order valence-corrected chi connectivity index (χ2v) is 16.5. The summed E-state index contributed by atoms with van der Waals surface area (Å²) in [5.74, 6) is -5.01. The third-order valence-corrected chi connectivity index (χ3v) is 13.6. The van der Waals surface area contributed by atoms with E-state index in [4.69, 9.17) is 21.8 Å². The molecule has 2 aliphatic carbocycles. The maximum absolute atomic E-state index is 15.0. The van der Waals surface area contributed by atoms with E-state index in [9.17, 15) is 29.1 Å². The number of aromatic hydroxyl groups is 1. The van der Waals surface area contributed by atoms with Crippen molar-refractivity contribution in [2.45, 2.75) is 58.3 Å². The van der Waals surface area contributed by atoms with Crippen LogP contribution in [0.15, 0.2) is 60.2 Å². The van der Waals surface area contributed by atoms with Crippen LogP contribution in [0.25, 0.3) is 20.7 Å². The molecule has 4 aromatic rings. The molecular weight excluding hydrogens is 716 g/mol. The monoisotopic (exact) mass is 754 g/mol. The molecule has 53 heavy (non-hydrogen) atoms. The molecule has 3 fully saturated rings. The molecule has 2 aromatic carbocycles. The van der Waals surface area contributed by atoms with Crippen LogP contribution in [0.1, 0.15) is 62.5 Å². The lowest BCUT2D eigenvalue weighted by Gasteiger charge is -2.49. The second-order valence-electron chi connectivity index (χ2n) is 15.0. The number of carbonyl (C=O) groups excluding carboxylic acids is 4. The molecule has 6 atom stereocenters. The predicted molar refractivity (Wildman–Crippen MR) is 199 cm³/mol. The molecule has 2 N–H and O–H groups in total. The van der Waals surface area contributed by atoms with Crippen LogP contribution in [0.5, 0.6) is 5.75 Å². The van der Waals surface area contributed by atoms with Crippen molar-refractivity contribution >= 4 is 68.4 Å². The number of imide groups is 2. The summed E-state index contributed by atoms with van der Waals surface area (Å²) in [6, 6.07) is 14.2. The summed E-state index contributed by atoms with van der Waals surface area (Å²) in [4.78, 5) is 72.0. The van der Waals surface area contributed by atoms with Crippen LogP contribution in [0, 0.1) is 36.0 Å². The number of carboxylic acid groups (broad SMARTS) is 1. The summed E-state index contributed by atoms with van der Waals surface area (Å²) in [6.07, 6.45) is 4.10. The van der Waals surface area contributed by atoms with Crippen LogP contribution in [0.3, 0.4) is 0 Å². The van der Waals surface area contributed by atoms with Gasteiger partial charge in [-0.15, -0.1) is 11.3 Å². The average molecular weight is 755 g/mol. The molecule has 4 amide bonds. The topological polar surface area (TPSA) is 150 Å². The van der Waals surface area contributed by atoms with Crippen molar-refractivity contribution in [2.24, 2.45) is 36.1 Å². The Hall–Kier alpha value is -4.81. The van der Waals surface area contributed by atoms with Crippen LogP contribution in [0.4, 0.5) is 5.82 Å². The summed E-state index contributed by atoms with van der Waals surface area (Å²) in [5, 5.41) is 26.0. The predicted octanol–water partition coefficient (Wildman–Crippen LogP) is 6.84. The quantitative estimate of drug-likeness (QED) is 0.107. The Morgan fingerprint density at radius 1 is 1.02 bits per heavy atom. The van der Waals surface area contributed by atoms with Crippen LogP contribution in [-0.4, -0.2) is 61.0 Å².